The molecule has 1 aliphatic carbocycles. The number of halogens is 4. The van der Waals surface area contributed by atoms with Gasteiger partial charge in [-0.05, 0) is 68.9 Å². The molecule has 0 unspecified atom stereocenters. The van der Waals surface area contributed by atoms with Crippen LogP contribution in [0.2, 0.25) is 5.02 Å². The van der Waals surface area contributed by atoms with Gasteiger partial charge in [-0.25, -0.2) is 0 Å². The largest absolute Gasteiger partial charge is 0.416 e. The molecule has 5 nitrogen and oxygen atoms in total. The van der Waals surface area contributed by atoms with E-state index in [9.17, 15) is 18.0 Å². The zero-order valence-corrected chi connectivity index (χ0v) is 19.5. The van der Waals surface area contributed by atoms with E-state index in [2.05, 4.69) is 44.7 Å². The zero-order chi connectivity index (χ0) is 24.3. The van der Waals surface area contributed by atoms with Crippen molar-refractivity contribution in [3.05, 3.63) is 76.4 Å². The van der Waals surface area contributed by atoms with Crippen LogP contribution in [-0.2, 0) is 6.18 Å². The molecular weight excluding hydrogens is 465 g/mol. The molecule has 1 saturated carbocycles. The fourth-order valence-electron chi connectivity index (χ4n) is 4.35. The first-order valence-electron chi connectivity index (χ1n) is 11.2. The molecule has 4 rings (SSSR count). The Kier molecular flexibility index (Phi) is 7.16. The van der Waals surface area contributed by atoms with Gasteiger partial charge in [0.25, 0.3) is 5.91 Å². The molecule has 0 spiro atoms. The van der Waals surface area contributed by atoms with Crippen LogP contribution in [0.4, 0.5) is 24.7 Å². The summed E-state index contributed by atoms with van der Waals surface area (Å²) in [6.07, 6.45) is 0.461. The monoisotopic (exact) mass is 490 g/mol. The third-order valence-corrected chi connectivity index (χ3v) is 6.61. The van der Waals surface area contributed by atoms with E-state index in [4.69, 9.17) is 11.6 Å². The third-order valence-electron chi connectivity index (χ3n) is 6.28. The van der Waals surface area contributed by atoms with E-state index < -0.39 is 17.6 Å². The SMILES string of the molecule is Cc1ccc(N(CC2CCC(NC(=O)c3cc(C(F)(F)F)ccc3Cl)CC2)c2ccn[nH]2)cc1. The third kappa shape index (κ3) is 5.73. The second-order valence-corrected chi connectivity index (χ2v) is 9.18. The summed E-state index contributed by atoms with van der Waals surface area (Å²) in [5.74, 6) is 0.742. The number of carbonyl (C=O) groups is 1. The number of nitrogens with one attached hydrogen (secondary N) is 2. The van der Waals surface area contributed by atoms with Crippen molar-refractivity contribution in [2.24, 2.45) is 5.92 Å². The standard InChI is InChI=1S/C25H26ClF3N4O/c1-16-2-9-20(10-3-16)33(23-12-13-30-32-23)15-17-4-7-19(8-5-17)31-24(34)21-14-18(25(27,28)29)6-11-22(21)26/h2-3,6,9-14,17,19H,4-5,7-8,15H2,1H3,(H,30,32)(H,31,34). The van der Waals surface area contributed by atoms with Crippen LogP contribution < -0.4 is 10.2 Å². The van der Waals surface area contributed by atoms with E-state index in [1.165, 1.54) is 5.56 Å². The van der Waals surface area contributed by atoms with Gasteiger partial charge in [0.2, 0.25) is 0 Å². The molecule has 0 radical (unpaired) electrons. The van der Waals surface area contributed by atoms with Gasteiger partial charge in [0, 0.05) is 24.3 Å². The van der Waals surface area contributed by atoms with Crippen LogP contribution in [0, 0.1) is 12.8 Å². The van der Waals surface area contributed by atoms with Gasteiger partial charge in [-0.15, -0.1) is 0 Å². The zero-order valence-electron chi connectivity index (χ0n) is 18.7. The summed E-state index contributed by atoms with van der Waals surface area (Å²) in [6, 6.07) is 13.0. The topological polar surface area (TPSA) is 61.0 Å². The van der Waals surface area contributed by atoms with Crippen molar-refractivity contribution >= 4 is 29.0 Å². The number of hydrogen-bond donors (Lipinski definition) is 2. The average molecular weight is 491 g/mol. The highest BCUT2D eigenvalue weighted by atomic mass is 35.5. The van der Waals surface area contributed by atoms with Crippen LogP contribution in [0.15, 0.2) is 54.7 Å². The highest BCUT2D eigenvalue weighted by Gasteiger charge is 2.32. The van der Waals surface area contributed by atoms with E-state index >= 15 is 0 Å². The minimum absolute atomic E-state index is 0.00693. The molecule has 1 amide bonds. The van der Waals surface area contributed by atoms with Crippen molar-refractivity contribution in [1.29, 1.82) is 0 Å². The molecule has 0 saturated heterocycles. The summed E-state index contributed by atoms with van der Waals surface area (Å²) in [4.78, 5) is 14.9. The molecule has 9 heteroatoms. The number of amides is 1. The Morgan fingerprint density at radius 3 is 2.44 bits per heavy atom. The van der Waals surface area contributed by atoms with E-state index in [1.54, 1.807) is 6.20 Å². The van der Waals surface area contributed by atoms with Crippen molar-refractivity contribution < 1.29 is 18.0 Å². The lowest BCUT2D eigenvalue weighted by molar-refractivity contribution is -0.137. The maximum Gasteiger partial charge on any atom is 0.416 e. The average Bonchev–Trinajstić information content (AvgIpc) is 3.33. The first kappa shape index (κ1) is 24.1. The molecule has 1 fully saturated rings. The van der Waals surface area contributed by atoms with E-state index in [0.717, 1.165) is 61.9 Å². The van der Waals surface area contributed by atoms with Crippen LogP contribution in [0.25, 0.3) is 0 Å². The Labute approximate surface area is 201 Å². The molecule has 0 bridgehead atoms. The number of H-pyrrole nitrogens is 1. The number of aryl methyl sites for hydroxylation is 1. The van der Waals surface area contributed by atoms with Crippen molar-refractivity contribution in [3.8, 4) is 0 Å². The summed E-state index contributed by atoms with van der Waals surface area (Å²) >= 11 is 6.01. The highest BCUT2D eigenvalue weighted by Crippen LogP contribution is 2.33. The van der Waals surface area contributed by atoms with Crippen LogP contribution in [0.5, 0.6) is 0 Å². The molecule has 0 aliphatic heterocycles. The summed E-state index contributed by atoms with van der Waals surface area (Å²) < 4.78 is 39.1. The summed E-state index contributed by atoms with van der Waals surface area (Å²) in [7, 11) is 0. The maximum atomic E-state index is 13.0. The molecule has 1 aromatic heterocycles. The fraction of sp³-hybridized carbons (Fsp3) is 0.360. The van der Waals surface area contributed by atoms with E-state index in [0.29, 0.717) is 5.92 Å². The minimum atomic E-state index is -4.53. The number of anilines is 2. The first-order valence-corrected chi connectivity index (χ1v) is 11.6. The molecular formula is C25H26ClF3N4O. The van der Waals surface area contributed by atoms with Gasteiger partial charge in [-0.1, -0.05) is 29.3 Å². The number of carbonyl (C=O) groups excluding carboxylic acids is 1. The summed E-state index contributed by atoms with van der Waals surface area (Å²) in [5, 5.41) is 10.0. The Bertz CT molecular complexity index is 1110. The van der Waals surface area contributed by atoms with Crippen molar-refractivity contribution in [2.45, 2.75) is 44.8 Å². The second-order valence-electron chi connectivity index (χ2n) is 8.77. The van der Waals surface area contributed by atoms with Crippen molar-refractivity contribution in [2.75, 3.05) is 11.4 Å². The Balaban J connectivity index is 1.37. The molecule has 2 N–H and O–H groups in total. The highest BCUT2D eigenvalue weighted by molar-refractivity contribution is 6.33. The van der Waals surface area contributed by atoms with Gasteiger partial charge in [0.15, 0.2) is 0 Å². The molecule has 1 heterocycles. The number of alkyl halides is 3. The molecule has 0 atom stereocenters. The van der Waals surface area contributed by atoms with Gasteiger partial charge in [0.1, 0.15) is 5.82 Å². The number of aromatic amines is 1. The van der Waals surface area contributed by atoms with Crippen LogP contribution in [-0.4, -0.2) is 28.7 Å². The maximum absolute atomic E-state index is 13.0. The Morgan fingerprint density at radius 1 is 1.12 bits per heavy atom. The lowest BCUT2D eigenvalue weighted by atomic mass is 9.85. The van der Waals surface area contributed by atoms with Gasteiger partial charge in [-0.2, -0.15) is 18.3 Å². The molecule has 34 heavy (non-hydrogen) atoms. The number of rotatable bonds is 6. The Morgan fingerprint density at radius 2 is 1.82 bits per heavy atom. The molecule has 3 aromatic rings. The number of aromatic nitrogens is 2. The van der Waals surface area contributed by atoms with Crippen LogP contribution in [0.3, 0.4) is 0 Å². The normalized spacial score (nSPS) is 18.5. The fourth-order valence-corrected chi connectivity index (χ4v) is 4.56. The van der Waals surface area contributed by atoms with Gasteiger partial charge >= 0.3 is 6.18 Å². The quantitative estimate of drug-likeness (QED) is 0.413. The molecule has 180 valence electrons. The van der Waals surface area contributed by atoms with Crippen molar-refractivity contribution in [3.63, 3.8) is 0 Å². The number of hydrogen-bond acceptors (Lipinski definition) is 3. The smallest absolute Gasteiger partial charge is 0.349 e. The number of benzene rings is 2. The lowest BCUT2D eigenvalue weighted by Gasteiger charge is -2.33. The van der Waals surface area contributed by atoms with E-state index in [1.807, 2.05) is 13.0 Å². The molecule has 2 aromatic carbocycles. The summed E-state index contributed by atoms with van der Waals surface area (Å²) in [5.41, 5.74) is 1.22. The Hall–Kier alpha value is -3.00. The van der Waals surface area contributed by atoms with Crippen molar-refractivity contribution in [1.82, 2.24) is 15.5 Å². The van der Waals surface area contributed by atoms with Gasteiger partial charge < -0.3 is 10.2 Å². The molecule has 1 aliphatic rings. The lowest BCUT2D eigenvalue weighted by Crippen LogP contribution is -2.39. The second kappa shape index (κ2) is 10.1. The predicted molar refractivity (Wildman–Crippen MR) is 126 cm³/mol. The minimum Gasteiger partial charge on any atom is -0.349 e. The first-order chi connectivity index (χ1) is 16.2. The van der Waals surface area contributed by atoms with Gasteiger partial charge in [-0.3, -0.25) is 9.89 Å². The summed E-state index contributed by atoms with van der Waals surface area (Å²) in [6.45, 7) is 2.85. The van der Waals surface area contributed by atoms with Crippen LogP contribution >= 0.6 is 11.6 Å². The van der Waals surface area contributed by atoms with E-state index in [-0.39, 0.29) is 16.6 Å². The predicted octanol–water partition coefficient (Wildman–Crippen LogP) is 6.52. The van der Waals surface area contributed by atoms with Gasteiger partial charge in [0.05, 0.1) is 22.3 Å². The van der Waals surface area contributed by atoms with Crippen LogP contribution in [0.1, 0.15) is 47.2 Å². The number of nitrogens with zero attached hydrogens (tertiary/aromatic N) is 2.